The van der Waals surface area contributed by atoms with Crippen LogP contribution in [0.3, 0.4) is 0 Å². The number of ether oxygens (including phenoxy) is 1. The minimum absolute atomic E-state index is 0.257. The van der Waals surface area contributed by atoms with Gasteiger partial charge < -0.3 is 4.74 Å². The molecule has 0 spiro atoms. The Morgan fingerprint density at radius 3 is 2.28 bits per heavy atom. The Morgan fingerprint density at radius 2 is 1.59 bits per heavy atom. The van der Waals surface area contributed by atoms with Crippen LogP contribution in [-0.2, 0) is 0 Å². The number of methoxy groups -OCH3 is 1. The molecule has 160 valence electrons. The molecule has 1 aromatic heterocycles. The number of nitrogens with one attached hydrogen (secondary N) is 2. The number of carbonyl (C=O) groups excluding carboxylic acids is 1. The largest absolute Gasteiger partial charge is 0.497 e. The lowest BCUT2D eigenvalue weighted by Gasteiger charge is -2.07. The van der Waals surface area contributed by atoms with Crippen molar-refractivity contribution in [2.24, 2.45) is 5.10 Å². The summed E-state index contributed by atoms with van der Waals surface area (Å²) < 4.78 is 6.65. The van der Waals surface area contributed by atoms with Crippen molar-refractivity contribution >= 4 is 11.6 Å². The average molecular weight is 426 g/mol. The van der Waals surface area contributed by atoms with Crippen molar-refractivity contribution < 1.29 is 9.53 Å². The Balaban J connectivity index is 1.77. The smallest absolute Gasteiger partial charge is 0.281 e. The Kier molecular flexibility index (Phi) is 5.98. The van der Waals surface area contributed by atoms with Gasteiger partial charge in [-0.2, -0.15) is 5.10 Å². The summed E-state index contributed by atoms with van der Waals surface area (Å²) >= 11 is 0. The molecule has 0 aliphatic heterocycles. The zero-order valence-electron chi connectivity index (χ0n) is 17.7. The van der Waals surface area contributed by atoms with Gasteiger partial charge in [0.1, 0.15) is 11.5 Å². The lowest BCUT2D eigenvalue weighted by Crippen LogP contribution is -2.25. The molecule has 0 unspecified atom stereocenters. The molecule has 1 amide bonds. The van der Waals surface area contributed by atoms with E-state index in [2.05, 4.69) is 15.6 Å². The molecule has 0 bridgehead atoms. The first kappa shape index (κ1) is 20.9. The maximum absolute atomic E-state index is 13.3. The van der Waals surface area contributed by atoms with Gasteiger partial charge in [-0.05, 0) is 37.3 Å². The van der Waals surface area contributed by atoms with Crippen molar-refractivity contribution in [3.8, 4) is 11.4 Å². The van der Waals surface area contributed by atoms with Crippen molar-refractivity contribution in [2.75, 3.05) is 7.11 Å². The monoisotopic (exact) mass is 426 g/mol. The molecule has 7 heteroatoms. The van der Waals surface area contributed by atoms with Gasteiger partial charge >= 0.3 is 0 Å². The van der Waals surface area contributed by atoms with Crippen LogP contribution in [0.1, 0.15) is 27.2 Å². The SMILES string of the molecule is COc1cccc(C(=O)N/N=C(\c2ccccc2)c2c(C)[nH]n(-c3ccccc3)c2=O)c1. The molecule has 4 rings (SSSR count). The highest BCUT2D eigenvalue weighted by Crippen LogP contribution is 2.15. The molecule has 3 aromatic carbocycles. The van der Waals surface area contributed by atoms with E-state index < -0.39 is 5.91 Å². The molecule has 0 saturated carbocycles. The quantitative estimate of drug-likeness (QED) is 0.364. The van der Waals surface area contributed by atoms with Crippen LogP contribution >= 0.6 is 0 Å². The Labute approximate surface area is 185 Å². The Morgan fingerprint density at radius 1 is 0.938 bits per heavy atom. The van der Waals surface area contributed by atoms with E-state index in [-0.39, 0.29) is 5.56 Å². The first-order chi connectivity index (χ1) is 15.6. The second-order valence-corrected chi connectivity index (χ2v) is 7.09. The number of aryl methyl sites for hydroxylation is 1. The topological polar surface area (TPSA) is 88.5 Å². The predicted octanol–water partition coefficient (Wildman–Crippen LogP) is 3.67. The highest BCUT2D eigenvalue weighted by atomic mass is 16.5. The summed E-state index contributed by atoms with van der Waals surface area (Å²) in [6, 6.07) is 25.3. The van der Waals surface area contributed by atoms with Crippen LogP contribution in [0.4, 0.5) is 0 Å². The summed E-state index contributed by atoms with van der Waals surface area (Å²) in [7, 11) is 1.54. The van der Waals surface area contributed by atoms with Crippen LogP contribution < -0.4 is 15.7 Å². The van der Waals surface area contributed by atoms with Crippen LogP contribution in [0.5, 0.6) is 5.75 Å². The van der Waals surface area contributed by atoms with Crippen molar-refractivity contribution in [2.45, 2.75) is 6.92 Å². The number of rotatable bonds is 6. The fourth-order valence-corrected chi connectivity index (χ4v) is 3.38. The zero-order valence-corrected chi connectivity index (χ0v) is 17.7. The van der Waals surface area contributed by atoms with Gasteiger partial charge in [-0.3, -0.25) is 14.7 Å². The first-order valence-corrected chi connectivity index (χ1v) is 10.0. The number of aromatic nitrogens is 2. The van der Waals surface area contributed by atoms with Gasteiger partial charge in [0.25, 0.3) is 11.5 Å². The van der Waals surface area contributed by atoms with E-state index in [9.17, 15) is 9.59 Å². The lowest BCUT2D eigenvalue weighted by molar-refractivity contribution is 0.0954. The minimum Gasteiger partial charge on any atom is -0.497 e. The number of para-hydroxylation sites is 1. The number of aromatic amines is 1. The van der Waals surface area contributed by atoms with Crippen LogP contribution in [0.2, 0.25) is 0 Å². The molecule has 0 aliphatic rings. The highest BCUT2D eigenvalue weighted by Gasteiger charge is 2.20. The van der Waals surface area contributed by atoms with Crippen molar-refractivity contribution in [3.63, 3.8) is 0 Å². The third-order valence-corrected chi connectivity index (χ3v) is 4.97. The first-order valence-electron chi connectivity index (χ1n) is 10.0. The molecule has 4 aromatic rings. The third kappa shape index (κ3) is 4.22. The van der Waals surface area contributed by atoms with Crippen molar-refractivity contribution in [1.29, 1.82) is 0 Å². The standard InChI is InChI=1S/C25H22N4O3/c1-17-22(25(31)29(28-17)20-13-7-4-8-14-20)23(18-10-5-3-6-11-18)26-27-24(30)19-12-9-15-21(16-19)32-2/h3-16,28H,1-2H3,(H,27,30)/b26-23+. The number of carbonyl (C=O) groups is 1. The van der Waals surface area contributed by atoms with Crippen molar-refractivity contribution in [3.05, 3.63) is 118 Å². The van der Waals surface area contributed by atoms with Gasteiger partial charge in [0.15, 0.2) is 0 Å². The van der Waals surface area contributed by atoms with E-state index in [1.165, 1.54) is 11.8 Å². The summed E-state index contributed by atoms with van der Waals surface area (Å²) in [5.74, 6) is 0.158. The Bertz CT molecular complexity index is 1320. The van der Waals surface area contributed by atoms with Crippen LogP contribution in [0.25, 0.3) is 5.69 Å². The summed E-state index contributed by atoms with van der Waals surface area (Å²) in [6.07, 6.45) is 0. The van der Waals surface area contributed by atoms with Gasteiger partial charge in [-0.1, -0.05) is 54.6 Å². The van der Waals surface area contributed by atoms with Gasteiger partial charge in [-0.25, -0.2) is 10.1 Å². The number of amides is 1. The van der Waals surface area contributed by atoms with E-state index in [1.807, 2.05) is 60.7 Å². The number of hydrazone groups is 1. The van der Waals surface area contributed by atoms with Gasteiger partial charge in [-0.15, -0.1) is 0 Å². The fourth-order valence-electron chi connectivity index (χ4n) is 3.38. The number of hydrogen-bond acceptors (Lipinski definition) is 4. The molecule has 0 atom stereocenters. The molecule has 32 heavy (non-hydrogen) atoms. The van der Waals surface area contributed by atoms with E-state index >= 15 is 0 Å². The number of benzene rings is 3. The lowest BCUT2D eigenvalue weighted by atomic mass is 10.0. The highest BCUT2D eigenvalue weighted by molar-refractivity contribution is 6.13. The minimum atomic E-state index is -0.408. The molecule has 0 saturated heterocycles. The molecular weight excluding hydrogens is 404 g/mol. The average Bonchev–Trinajstić information content (AvgIpc) is 3.14. The molecule has 0 aliphatic carbocycles. The number of hydrogen-bond donors (Lipinski definition) is 2. The van der Waals surface area contributed by atoms with E-state index in [0.29, 0.717) is 39.5 Å². The maximum Gasteiger partial charge on any atom is 0.281 e. The van der Waals surface area contributed by atoms with E-state index in [0.717, 1.165) is 0 Å². The second kappa shape index (κ2) is 9.18. The van der Waals surface area contributed by atoms with E-state index in [1.54, 1.807) is 31.2 Å². The second-order valence-electron chi connectivity index (χ2n) is 7.09. The van der Waals surface area contributed by atoms with Gasteiger partial charge in [0.05, 0.1) is 18.4 Å². The molecular formula is C25H22N4O3. The Hall–Kier alpha value is -4.39. The molecule has 2 N–H and O–H groups in total. The third-order valence-electron chi connectivity index (χ3n) is 4.97. The fraction of sp³-hybridized carbons (Fsp3) is 0.0800. The molecule has 7 nitrogen and oxygen atoms in total. The van der Waals surface area contributed by atoms with Crippen LogP contribution in [0.15, 0.2) is 94.8 Å². The summed E-state index contributed by atoms with van der Waals surface area (Å²) in [5.41, 5.74) is 5.52. The van der Waals surface area contributed by atoms with Crippen LogP contribution in [-0.4, -0.2) is 28.5 Å². The normalized spacial score (nSPS) is 11.2. The molecule has 1 heterocycles. The maximum atomic E-state index is 13.3. The number of nitrogens with zero attached hydrogens (tertiary/aromatic N) is 2. The summed E-state index contributed by atoms with van der Waals surface area (Å²) in [5, 5.41) is 7.48. The summed E-state index contributed by atoms with van der Waals surface area (Å²) in [6.45, 7) is 1.80. The van der Waals surface area contributed by atoms with Crippen LogP contribution in [0, 0.1) is 6.92 Å². The van der Waals surface area contributed by atoms with Gasteiger partial charge in [0, 0.05) is 16.8 Å². The zero-order chi connectivity index (χ0) is 22.5. The van der Waals surface area contributed by atoms with Crippen molar-refractivity contribution in [1.82, 2.24) is 15.2 Å². The molecule has 0 radical (unpaired) electrons. The number of H-pyrrole nitrogens is 1. The van der Waals surface area contributed by atoms with Gasteiger partial charge in [0.2, 0.25) is 0 Å². The summed E-state index contributed by atoms with van der Waals surface area (Å²) in [4.78, 5) is 26.0. The molecule has 0 fully saturated rings. The van der Waals surface area contributed by atoms with E-state index in [4.69, 9.17) is 4.74 Å². The predicted molar refractivity (Wildman–Crippen MR) is 124 cm³/mol.